The van der Waals surface area contributed by atoms with E-state index in [1.165, 1.54) is 11.3 Å². The predicted octanol–water partition coefficient (Wildman–Crippen LogP) is 4.07. The van der Waals surface area contributed by atoms with E-state index in [2.05, 4.69) is 10.3 Å². The number of aryl methyl sites for hydroxylation is 1. The fourth-order valence-electron chi connectivity index (χ4n) is 1.86. The van der Waals surface area contributed by atoms with Crippen molar-refractivity contribution in [1.82, 2.24) is 4.98 Å². The molecule has 0 saturated carbocycles. The largest absolute Gasteiger partial charge is 0.388 e. The number of hydrogen-bond acceptors (Lipinski definition) is 4. The quantitative estimate of drug-likeness (QED) is 0.859. The smallest absolute Gasteiger partial charge is 0.227 e. The fourth-order valence-corrected chi connectivity index (χ4v) is 3.20. The highest BCUT2D eigenvalue weighted by atomic mass is 35.5. The van der Waals surface area contributed by atoms with E-state index in [0.717, 1.165) is 17.1 Å². The molecule has 2 aromatic rings. The van der Waals surface area contributed by atoms with Crippen LogP contribution in [-0.2, 0) is 11.2 Å². The van der Waals surface area contributed by atoms with Crippen molar-refractivity contribution in [2.45, 2.75) is 25.9 Å². The topological polar surface area (TPSA) is 62.2 Å². The minimum atomic E-state index is -0.959. The molecule has 0 spiro atoms. The third kappa shape index (κ3) is 4.41. The first-order valence-corrected chi connectivity index (χ1v) is 7.99. The highest BCUT2D eigenvalue weighted by molar-refractivity contribution is 7.14. The van der Waals surface area contributed by atoms with Gasteiger partial charge in [0.05, 0.1) is 23.7 Å². The second-order valence-corrected chi connectivity index (χ2v) is 6.18. The molecule has 1 aromatic heterocycles. The maximum absolute atomic E-state index is 12.0. The van der Waals surface area contributed by atoms with Crippen LogP contribution in [0.3, 0.4) is 0 Å². The van der Waals surface area contributed by atoms with Crippen LogP contribution in [0.5, 0.6) is 0 Å². The molecule has 2 N–H and O–H groups in total. The van der Waals surface area contributed by atoms with Crippen LogP contribution in [0.15, 0.2) is 23.7 Å². The number of hydrogen-bond donors (Lipinski definition) is 2. The normalized spacial score (nSPS) is 12.2. The summed E-state index contributed by atoms with van der Waals surface area (Å²) in [7, 11) is 0. The second-order valence-electron chi connectivity index (χ2n) is 4.45. The molecule has 0 aliphatic heterocycles. The van der Waals surface area contributed by atoms with Gasteiger partial charge in [-0.25, -0.2) is 4.98 Å². The summed E-state index contributed by atoms with van der Waals surface area (Å²) in [6.07, 6.45) is -0.289. The zero-order valence-electron chi connectivity index (χ0n) is 11.3. The van der Waals surface area contributed by atoms with E-state index < -0.39 is 6.10 Å². The first kappa shape index (κ1) is 16.2. The van der Waals surface area contributed by atoms with E-state index in [9.17, 15) is 9.90 Å². The number of halogens is 2. The number of carbonyl (C=O) groups excluding carboxylic acids is 1. The Morgan fingerprint density at radius 2 is 2.05 bits per heavy atom. The molecule has 0 saturated heterocycles. The zero-order chi connectivity index (χ0) is 15.4. The van der Waals surface area contributed by atoms with Crippen LogP contribution in [0.25, 0.3) is 0 Å². The molecule has 1 aromatic carbocycles. The number of aliphatic hydroxyl groups is 1. The van der Waals surface area contributed by atoms with Gasteiger partial charge < -0.3 is 10.4 Å². The van der Waals surface area contributed by atoms with Crippen molar-refractivity contribution < 1.29 is 9.90 Å². The van der Waals surface area contributed by atoms with E-state index in [-0.39, 0.29) is 12.3 Å². The molecule has 1 amide bonds. The first-order chi connectivity index (χ1) is 9.99. The second kappa shape index (κ2) is 7.22. The van der Waals surface area contributed by atoms with Crippen LogP contribution in [-0.4, -0.2) is 16.0 Å². The minimum Gasteiger partial charge on any atom is -0.388 e. The Balaban J connectivity index is 2.02. The van der Waals surface area contributed by atoms with Gasteiger partial charge in [0.25, 0.3) is 0 Å². The summed E-state index contributed by atoms with van der Waals surface area (Å²) < 4.78 is 0. The number of rotatable bonds is 5. The Bertz CT molecular complexity index is 625. The Hall–Kier alpha value is -1.14. The lowest BCUT2D eigenvalue weighted by atomic mass is 10.1. The molecule has 1 atom stereocenters. The molecule has 0 aliphatic rings. The van der Waals surface area contributed by atoms with Crippen molar-refractivity contribution in [3.8, 4) is 0 Å². The summed E-state index contributed by atoms with van der Waals surface area (Å²) in [6.45, 7) is 1.97. The zero-order valence-corrected chi connectivity index (χ0v) is 13.6. The van der Waals surface area contributed by atoms with Crippen molar-refractivity contribution in [2.75, 3.05) is 5.32 Å². The summed E-state index contributed by atoms with van der Waals surface area (Å²) in [5.74, 6) is -0.280. The van der Waals surface area contributed by atoms with Gasteiger partial charge in [-0.15, -0.1) is 11.3 Å². The average Bonchev–Trinajstić information content (AvgIpc) is 2.84. The van der Waals surface area contributed by atoms with Gasteiger partial charge in [-0.1, -0.05) is 30.1 Å². The lowest BCUT2D eigenvalue weighted by Crippen LogP contribution is -2.15. The number of nitrogens with one attached hydrogen (secondary N) is 1. The van der Waals surface area contributed by atoms with Crippen LogP contribution in [0.4, 0.5) is 5.00 Å². The maximum atomic E-state index is 12.0. The summed E-state index contributed by atoms with van der Waals surface area (Å²) >= 11 is 13.1. The Kier molecular flexibility index (Phi) is 5.58. The van der Waals surface area contributed by atoms with Gasteiger partial charge in [-0.3, -0.25) is 4.79 Å². The molecule has 112 valence electrons. The number of aromatic nitrogens is 1. The van der Waals surface area contributed by atoms with E-state index in [1.807, 2.05) is 6.92 Å². The van der Waals surface area contributed by atoms with E-state index in [4.69, 9.17) is 23.2 Å². The van der Waals surface area contributed by atoms with Crippen LogP contribution in [0.1, 0.15) is 30.7 Å². The number of nitrogens with zero attached hydrogens (tertiary/aromatic N) is 1. The fraction of sp³-hybridized carbons (Fsp3) is 0.286. The molecule has 4 nitrogen and oxygen atoms in total. The summed E-state index contributed by atoms with van der Waals surface area (Å²) in [5, 5.41) is 14.4. The molecule has 0 bridgehead atoms. The van der Waals surface area contributed by atoms with Crippen LogP contribution < -0.4 is 5.32 Å². The molecule has 7 heteroatoms. The number of thiazole rings is 1. The Morgan fingerprint density at radius 3 is 2.67 bits per heavy atom. The average molecular weight is 345 g/mol. The third-order valence-corrected chi connectivity index (χ3v) is 4.10. The van der Waals surface area contributed by atoms with Gasteiger partial charge in [0.15, 0.2) is 0 Å². The highest BCUT2D eigenvalue weighted by Gasteiger charge is 2.16. The maximum Gasteiger partial charge on any atom is 0.227 e. The summed E-state index contributed by atoms with van der Waals surface area (Å²) in [6, 6.07) is 4.76. The number of amides is 1. The van der Waals surface area contributed by atoms with Gasteiger partial charge in [-0.05, 0) is 30.2 Å². The first-order valence-electron chi connectivity index (χ1n) is 6.36. The monoisotopic (exact) mass is 344 g/mol. The van der Waals surface area contributed by atoms with Gasteiger partial charge in [0, 0.05) is 10.0 Å². The van der Waals surface area contributed by atoms with Gasteiger partial charge in [0.1, 0.15) is 5.00 Å². The van der Waals surface area contributed by atoms with E-state index in [0.29, 0.717) is 15.6 Å². The van der Waals surface area contributed by atoms with Gasteiger partial charge in [-0.2, -0.15) is 0 Å². The van der Waals surface area contributed by atoms with E-state index in [1.54, 1.807) is 23.7 Å². The van der Waals surface area contributed by atoms with Crippen molar-refractivity contribution in [3.63, 3.8) is 0 Å². The molecule has 1 heterocycles. The lowest BCUT2D eigenvalue weighted by Gasteiger charge is -2.12. The highest BCUT2D eigenvalue weighted by Crippen LogP contribution is 2.26. The Labute approximate surface area is 136 Å². The standard InChI is InChI=1S/C14H14Cl2N2O2S/c1-2-11-14(21-7-17-11)18-13(20)6-12(19)8-3-9(15)5-10(16)4-8/h3-5,7,12,19H,2,6H2,1H3,(H,18,20). The molecule has 2 rings (SSSR count). The minimum absolute atomic E-state index is 0.0717. The number of benzene rings is 1. The van der Waals surface area contributed by atoms with E-state index >= 15 is 0 Å². The van der Waals surface area contributed by atoms with Crippen molar-refractivity contribution in [2.24, 2.45) is 0 Å². The van der Waals surface area contributed by atoms with Gasteiger partial charge >= 0.3 is 0 Å². The molecule has 1 unspecified atom stereocenters. The van der Waals surface area contributed by atoms with Crippen molar-refractivity contribution in [3.05, 3.63) is 45.0 Å². The third-order valence-electron chi connectivity index (χ3n) is 2.88. The number of anilines is 1. The number of aliphatic hydroxyl groups excluding tert-OH is 1. The van der Waals surface area contributed by atoms with Crippen LogP contribution in [0.2, 0.25) is 10.0 Å². The lowest BCUT2D eigenvalue weighted by molar-refractivity contribution is -0.118. The summed E-state index contributed by atoms with van der Waals surface area (Å²) in [5.41, 5.74) is 3.04. The van der Waals surface area contributed by atoms with Crippen LogP contribution >= 0.6 is 34.5 Å². The van der Waals surface area contributed by atoms with Crippen molar-refractivity contribution in [1.29, 1.82) is 0 Å². The van der Waals surface area contributed by atoms with Gasteiger partial charge in [0.2, 0.25) is 5.91 Å². The molecule has 0 fully saturated rings. The molecule has 0 radical (unpaired) electrons. The summed E-state index contributed by atoms with van der Waals surface area (Å²) in [4.78, 5) is 16.1. The molecule has 0 aliphatic carbocycles. The van der Waals surface area contributed by atoms with Crippen LogP contribution in [0, 0.1) is 0 Å². The Morgan fingerprint density at radius 1 is 1.38 bits per heavy atom. The van der Waals surface area contributed by atoms with Crippen molar-refractivity contribution >= 4 is 45.4 Å². The predicted molar refractivity (Wildman–Crippen MR) is 86.2 cm³/mol. The molecular formula is C14H14Cl2N2O2S. The molecular weight excluding hydrogens is 331 g/mol. The SMILES string of the molecule is CCc1ncsc1NC(=O)CC(O)c1cc(Cl)cc(Cl)c1. The molecule has 21 heavy (non-hydrogen) atoms. The number of carbonyl (C=O) groups is 1.